The first-order valence-electron chi connectivity index (χ1n) is 4.53. The Balaban J connectivity index is 2.31. The molecule has 1 heterocycles. The predicted molar refractivity (Wildman–Crippen MR) is 51.4 cm³/mol. The number of rotatable bonds is 5. The Morgan fingerprint density at radius 1 is 1.69 bits per heavy atom. The molecule has 0 bridgehead atoms. The van der Waals surface area contributed by atoms with Gasteiger partial charge in [-0.25, -0.2) is 0 Å². The fourth-order valence-corrected chi connectivity index (χ4v) is 1.21. The fourth-order valence-electron chi connectivity index (χ4n) is 1.21. The van der Waals surface area contributed by atoms with Gasteiger partial charge in [0.15, 0.2) is 0 Å². The highest BCUT2D eigenvalue weighted by Crippen LogP contribution is 2.00. The molecule has 0 radical (unpaired) electrons. The molecule has 0 saturated carbocycles. The summed E-state index contributed by atoms with van der Waals surface area (Å²) in [6.07, 6.45) is 4.64. The maximum atomic E-state index is 5.84. The molecule has 0 saturated heterocycles. The predicted octanol–water partition coefficient (Wildman–Crippen LogP) is 0.326. The van der Waals surface area contributed by atoms with Crippen LogP contribution in [0.1, 0.15) is 12.5 Å². The largest absolute Gasteiger partial charge is 0.380 e. The summed E-state index contributed by atoms with van der Waals surface area (Å²) in [7, 11) is 1.90. The summed E-state index contributed by atoms with van der Waals surface area (Å²) < 4.78 is 7.00. The monoisotopic (exact) mass is 183 g/mol. The highest BCUT2D eigenvalue weighted by molar-refractivity contribution is 5.05. The lowest BCUT2D eigenvalue weighted by atomic mass is 10.1. The van der Waals surface area contributed by atoms with Gasteiger partial charge in [0, 0.05) is 25.9 Å². The van der Waals surface area contributed by atoms with Crippen molar-refractivity contribution in [1.82, 2.24) is 9.78 Å². The quantitative estimate of drug-likeness (QED) is 0.715. The van der Waals surface area contributed by atoms with Gasteiger partial charge in [0.05, 0.1) is 12.8 Å². The van der Waals surface area contributed by atoms with Crippen molar-refractivity contribution in [2.75, 3.05) is 13.2 Å². The second-order valence-corrected chi connectivity index (χ2v) is 3.15. The van der Waals surface area contributed by atoms with Crippen LogP contribution in [0.25, 0.3) is 0 Å². The van der Waals surface area contributed by atoms with Crippen molar-refractivity contribution >= 4 is 0 Å². The first-order chi connectivity index (χ1) is 6.22. The maximum absolute atomic E-state index is 5.84. The van der Waals surface area contributed by atoms with Gasteiger partial charge in [-0.05, 0) is 18.9 Å². The Labute approximate surface area is 78.7 Å². The van der Waals surface area contributed by atoms with Crippen LogP contribution < -0.4 is 5.73 Å². The SMILES string of the molecule is CCOCC(N)Cc1cnn(C)c1. The van der Waals surface area contributed by atoms with E-state index in [2.05, 4.69) is 5.10 Å². The Morgan fingerprint density at radius 3 is 3.00 bits per heavy atom. The highest BCUT2D eigenvalue weighted by atomic mass is 16.5. The average Bonchev–Trinajstić information content (AvgIpc) is 2.48. The number of ether oxygens (including phenoxy) is 1. The zero-order chi connectivity index (χ0) is 9.68. The topological polar surface area (TPSA) is 53.1 Å². The van der Waals surface area contributed by atoms with Crippen molar-refractivity contribution in [3.05, 3.63) is 18.0 Å². The summed E-state index contributed by atoms with van der Waals surface area (Å²) in [5.74, 6) is 0. The van der Waals surface area contributed by atoms with Gasteiger partial charge in [-0.3, -0.25) is 4.68 Å². The van der Waals surface area contributed by atoms with E-state index < -0.39 is 0 Å². The van der Waals surface area contributed by atoms with E-state index in [1.807, 2.05) is 26.4 Å². The third kappa shape index (κ3) is 3.57. The molecule has 1 unspecified atom stereocenters. The summed E-state index contributed by atoms with van der Waals surface area (Å²) in [5.41, 5.74) is 7.00. The molecule has 1 aromatic heterocycles. The average molecular weight is 183 g/mol. The van der Waals surface area contributed by atoms with Crippen LogP contribution in [-0.4, -0.2) is 29.0 Å². The molecule has 13 heavy (non-hydrogen) atoms. The molecule has 0 aliphatic carbocycles. The molecule has 0 aromatic carbocycles. The Hall–Kier alpha value is -0.870. The van der Waals surface area contributed by atoms with Gasteiger partial charge in [0.2, 0.25) is 0 Å². The van der Waals surface area contributed by atoms with Crippen LogP contribution in [0.4, 0.5) is 0 Å². The second kappa shape index (κ2) is 4.99. The lowest BCUT2D eigenvalue weighted by Gasteiger charge is -2.09. The van der Waals surface area contributed by atoms with Crippen molar-refractivity contribution in [3.8, 4) is 0 Å². The molecule has 74 valence electrons. The second-order valence-electron chi connectivity index (χ2n) is 3.15. The minimum absolute atomic E-state index is 0.0733. The molecule has 4 nitrogen and oxygen atoms in total. The zero-order valence-electron chi connectivity index (χ0n) is 8.23. The molecule has 0 aliphatic heterocycles. The fraction of sp³-hybridized carbons (Fsp3) is 0.667. The highest BCUT2D eigenvalue weighted by Gasteiger charge is 2.04. The molecule has 4 heteroatoms. The van der Waals surface area contributed by atoms with Gasteiger partial charge in [-0.15, -0.1) is 0 Å². The Morgan fingerprint density at radius 2 is 2.46 bits per heavy atom. The summed E-state index contributed by atoms with van der Waals surface area (Å²) in [5, 5.41) is 4.07. The van der Waals surface area contributed by atoms with E-state index in [0.29, 0.717) is 6.61 Å². The molecule has 0 amide bonds. The van der Waals surface area contributed by atoms with E-state index in [9.17, 15) is 0 Å². The molecular formula is C9H17N3O. The van der Waals surface area contributed by atoms with E-state index in [0.717, 1.165) is 18.6 Å². The van der Waals surface area contributed by atoms with Gasteiger partial charge >= 0.3 is 0 Å². The first kappa shape index (κ1) is 10.2. The number of hydrogen-bond donors (Lipinski definition) is 1. The standard InChI is InChI=1S/C9H17N3O/c1-3-13-7-9(10)4-8-5-11-12(2)6-8/h5-6,9H,3-4,7,10H2,1-2H3. The molecule has 1 atom stereocenters. The van der Waals surface area contributed by atoms with Gasteiger partial charge < -0.3 is 10.5 Å². The number of hydrogen-bond acceptors (Lipinski definition) is 3. The third-order valence-electron chi connectivity index (χ3n) is 1.79. The zero-order valence-corrected chi connectivity index (χ0v) is 8.23. The van der Waals surface area contributed by atoms with Crippen molar-refractivity contribution in [1.29, 1.82) is 0 Å². The van der Waals surface area contributed by atoms with Crippen molar-refractivity contribution in [2.45, 2.75) is 19.4 Å². The number of nitrogens with zero attached hydrogens (tertiary/aromatic N) is 2. The number of nitrogens with two attached hydrogens (primary N) is 1. The van der Waals surface area contributed by atoms with Gasteiger partial charge in [-0.1, -0.05) is 0 Å². The van der Waals surface area contributed by atoms with E-state index in [1.54, 1.807) is 4.68 Å². The lowest BCUT2D eigenvalue weighted by molar-refractivity contribution is 0.133. The van der Waals surface area contributed by atoms with E-state index in [4.69, 9.17) is 10.5 Å². The van der Waals surface area contributed by atoms with Crippen LogP contribution >= 0.6 is 0 Å². The van der Waals surface area contributed by atoms with Gasteiger partial charge in [0.1, 0.15) is 0 Å². The van der Waals surface area contributed by atoms with E-state index >= 15 is 0 Å². The van der Waals surface area contributed by atoms with Crippen LogP contribution in [0.2, 0.25) is 0 Å². The van der Waals surface area contributed by atoms with Crippen LogP contribution in [0.3, 0.4) is 0 Å². The molecule has 0 aliphatic rings. The third-order valence-corrected chi connectivity index (χ3v) is 1.79. The summed E-state index contributed by atoms with van der Waals surface area (Å²) in [6.45, 7) is 3.31. The van der Waals surface area contributed by atoms with Crippen LogP contribution in [0, 0.1) is 0 Å². The van der Waals surface area contributed by atoms with Crippen molar-refractivity contribution in [2.24, 2.45) is 12.8 Å². The van der Waals surface area contributed by atoms with Crippen LogP contribution in [0.15, 0.2) is 12.4 Å². The molecular weight excluding hydrogens is 166 g/mol. The maximum Gasteiger partial charge on any atom is 0.0620 e. The number of aryl methyl sites for hydroxylation is 1. The first-order valence-corrected chi connectivity index (χ1v) is 4.53. The Kier molecular flexibility index (Phi) is 3.92. The molecule has 0 fully saturated rings. The Bertz CT molecular complexity index is 247. The van der Waals surface area contributed by atoms with Gasteiger partial charge in [-0.2, -0.15) is 5.10 Å². The minimum atomic E-state index is 0.0733. The lowest BCUT2D eigenvalue weighted by Crippen LogP contribution is -2.28. The van der Waals surface area contributed by atoms with Gasteiger partial charge in [0.25, 0.3) is 0 Å². The van der Waals surface area contributed by atoms with E-state index in [-0.39, 0.29) is 6.04 Å². The molecule has 2 N–H and O–H groups in total. The molecule has 1 rings (SSSR count). The smallest absolute Gasteiger partial charge is 0.0620 e. The van der Waals surface area contributed by atoms with Crippen LogP contribution in [0.5, 0.6) is 0 Å². The summed E-state index contributed by atoms with van der Waals surface area (Å²) >= 11 is 0. The molecule has 1 aromatic rings. The number of aromatic nitrogens is 2. The summed E-state index contributed by atoms with van der Waals surface area (Å²) in [6, 6.07) is 0.0733. The van der Waals surface area contributed by atoms with Crippen LogP contribution in [-0.2, 0) is 18.2 Å². The summed E-state index contributed by atoms with van der Waals surface area (Å²) in [4.78, 5) is 0. The minimum Gasteiger partial charge on any atom is -0.380 e. The normalized spacial score (nSPS) is 13.2. The van der Waals surface area contributed by atoms with E-state index in [1.165, 1.54) is 0 Å². The van der Waals surface area contributed by atoms with Crippen molar-refractivity contribution < 1.29 is 4.74 Å². The molecule has 0 spiro atoms. The van der Waals surface area contributed by atoms with Crippen molar-refractivity contribution in [3.63, 3.8) is 0 Å².